The third-order valence-electron chi connectivity index (χ3n) is 2.62. The lowest BCUT2D eigenvalue weighted by atomic mass is 10.2. The van der Waals surface area contributed by atoms with E-state index in [1.807, 2.05) is 13.8 Å². The van der Waals surface area contributed by atoms with Gasteiger partial charge in [-0.1, -0.05) is 6.92 Å². The lowest BCUT2D eigenvalue weighted by Crippen LogP contribution is -2.33. The Labute approximate surface area is 110 Å². The van der Waals surface area contributed by atoms with Crippen LogP contribution >= 0.6 is 0 Å². The smallest absolute Gasteiger partial charge is 0.221 e. The minimum atomic E-state index is -0.905. The molecule has 19 heavy (non-hydrogen) atoms. The van der Waals surface area contributed by atoms with Crippen LogP contribution in [0.4, 0.5) is 20.4 Å². The zero-order valence-electron chi connectivity index (χ0n) is 11.0. The molecule has 0 spiro atoms. The number of carbonyl (C=O) groups is 1. The summed E-state index contributed by atoms with van der Waals surface area (Å²) in [6, 6.07) is 0.757. The second-order valence-corrected chi connectivity index (χ2v) is 4.24. The largest absolute Gasteiger partial charge is 0.381 e. The van der Waals surface area contributed by atoms with Crippen LogP contribution in [0.3, 0.4) is 0 Å². The fourth-order valence-electron chi connectivity index (χ4n) is 1.35. The number of halogens is 2. The van der Waals surface area contributed by atoms with Gasteiger partial charge in [-0.2, -0.15) is 0 Å². The van der Waals surface area contributed by atoms with E-state index >= 15 is 0 Å². The first-order valence-corrected chi connectivity index (χ1v) is 6.08. The van der Waals surface area contributed by atoms with Gasteiger partial charge in [0.1, 0.15) is 0 Å². The molecule has 1 unspecified atom stereocenters. The van der Waals surface area contributed by atoms with E-state index in [1.54, 1.807) is 0 Å². The summed E-state index contributed by atoms with van der Waals surface area (Å²) in [5.74, 6) is -2.42. The minimum absolute atomic E-state index is 0.101. The number of nitrogen functional groups attached to an aromatic ring is 1. The average molecular weight is 272 g/mol. The van der Waals surface area contributed by atoms with Gasteiger partial charge >= 0.3 is 0 Å². The highest BCUT2D eigenvalue weighted by atomic mass is 19.1. The molecule has 5 nitrogen and oxygen atoms in total. The summed E-state index contributed by atoms with van der Waals surface area (Å²) in [5, 5.41) is 5.38. The quantitative estimate of drug-likeness (QED) is 0.735. The lowest BCUT2D eigenvalue weighted by Gasteiger charge is -2.12. The summed E-state index contributed by atoms with van der Waals surface area (Å²) >= 11 is 0. The Morgan fingerprint density at radius 2 is 2.16 bits per heavy atom. The Morgan fingerprint density at radius 3 is 2.79 bits per heavy atom. The van der Waals surface area contributed by atoms with E-state index in [1.165, 1.54) is 0 Å². The number of hydrogen-bond donors (Lipinski definition) is 3. The van der Waals surface area contributed by atoms with Crippen molar-refractivity contribution in [3.8, 4) is 0 Å². The monoisotopic (exact) mass is 272 g/mol. The maximum absolute atomic E-state index is 13.3. The van der Waals surface area contributed by atoms with Crippen LogP contribution in [0.5, 0.6) is 0 Å². The molecule has 1 aromatic rings. The highest BCUT2D eigenvalue weighted by Gasteiger charge is 2.10. The van der Waals surface area contributed by atoms with Crippen molar-refractivity contribution in [2.24, 2.45) is 0 Å². The second kappa shape index (κ2) is 6.86. The van der Waals surface area contributed by atoms with E-state index in [0.717, 1.165) is 6.42 Å². The maximum Gasteiger partial charge on any atom is 0.221 e. The number of nitrogens with two attached hydrogens (primary N) is 1. The molecule has 0 radical (unpaired) electrons. The molecule has 1 heterocycles. The Balaban J connectivity index is 2.45. The Hall–Kier alpha value is -1.92. The molecule has 1 aromatic heterocycles. The van der Waals surface area contributed by atoms with Crippen LogP contribution in [0.15, 0.2) is 6.07 Å². The molecular weight excluding hydrogens is 254 g/mol. The van der Waals surface area contributed by atoms with Crippen LogP contribution in [-0.4, -0.2) is 23.5 Å². The van der Waals surface area contributed by atoms with Gasteiger partial charge in [0.25, 0.3) is 0 Å². The first kappa shape index (κ1) is 15.1. The summed E-state index contributed by atoms with van der Waals surface area (Å²) in [5.41, 5.74) is 5.23. The summed E-state index contributed by atoms with van der Waals surface area (Å²) in [7, 11) is 0. The summed E-state index contributed by atoms with van der Waals surface area (Å²) in [6.45, 7) is 4.05. The second-order valence-electron chi connectivity index (χ2n) is 4.24. The number of rotatable bonds is 6. The van der Waals surface area contributed by atoms with Gasteiger partial charge in [0, 0.05) is 25.1 Å². The molecule has 7 heteroatoms. The molecule has 4 N–H and O–H groups in total. The van der Waals surface area contributed by atoms with E-state index < -0.39 is 11.6 Å². The average Bonchev–Trinajstić information content (AvgIpc) is 2.35. The van der Waals surface area contributed by atoms with Gasteiger partial charge in [0.2, 0.25) is 5.91 Å². The standard InChI is InChI=1S/C12H18F2N4O/c1-3-7(2)17-10(19)4-5-16-12-9(14)6-8(13)11(15)18-12/h6-7H,3-5H2,1-2H3,(H,17,19)(H3,15,16,18). The van der Waals surface area contributed by atoms with Crippen molar-refractivity contribution in [2.75, 3.05) is 17.6 Å². The van der Waals surface area contributed by atoms with Crippen molar-refractivity contribution in [1.82, 2.24) is 10.3 Å². The number of amides is 1. The number of aromatic nitrogens is 1. The van der Waals surface area contributed by atoms with Crippen LogP contribution in [0.25, 0.3) is 0 Å². The first-order chi connectivity index (χ1) is 8.93. The Morgan fingerprint density at radius 1 is 1.47 bits per heavy atom. The van der Waals surface area contributed by atoms with Crippen LogP contribution in [-0.2, 0) is 4.79 Å². The van der Waals surface area contributed by atoms with E-state index in [-0.39, 0.29) is 36.6 Å². The molecule has 1 rings (SSSR count). The van der Waals surface area contributed by atoms with E-state index in [4.69, 9.17) is 5.73 Å². The number of carbonyl (C=O) groups excluding carboxylic acids is 1. The minimum Gasteiger partial charge on any atom is -0.381 e. The van der Waals surface area contributed by atoms with Crippen molar-refractivity contribution in [1.29, 1.82) is 0 Å². The van der Waals surface area contributed by atoms with E-state index in [9.17, 15) is 13.6 Å². The number of hydrogen-bond acceptors (Lipinski definition) is 4. The summed E-state index contributed by atoms with van der Waals surface area (Å²) in [6.07, 6.45) is 1.01. The van der Waals surface area contributed by atoms with Crippen molar-refractivity contribution in [2.45, 2.75) is 32.7 Å². The molecule has 1 amide bonds. The predicted molar refractivity (Wildman–Crippen MR) is 69.6 cm³/mol. The van der Waals surface area contributed by atoms with Gasteiger partial charge in [-0.3, -0.25) is 4.79 Å². The number of nitrogens with one attached hydrogen (secondary N) is 2. The Bertz CT molecular complexity index is 454. The Kier molecular flexibility index (Phi) is 5.47. The van der Waals surface area contributed by atoms with Crippen LogP contribution in [0, 0.1) is 11.6 Å². The van der Waals surface area contributed by atoms with Crippen molar-refractivity contribution in [3.05, 3.63) is 17.7 Å². The zero-order chi connectivity index (χ0) is 14.4. The van der Waals surface area contributed by atoms with Gasteiger partial charge in [-0.05, 0) is 13.3 Å². The van der Waals surface area contributed by atoms with Crippen LogP contribution in [0.1, 0.15) is 26.7 Å². The number of pyridine rings is 1. The van der Waals surface area contributed by atoms with Gasteiger partial charge < -0.3 is 16.4 Å². The highest BCUT2D eigenvalue weighted by molar-refractivity contribution is 5.76. The molecule has 1 atom stereocenters. The maximum atomic E-state index is 13.3. The molecule has 0 aromatic carbocycles. The van der Waals surface area contributed by atoms with Gasteiger partial charge in [-0.15, -0.1) is 0 Å². The van der Waals surface area contributed by atoms with Crippen LogP contribution < -0.4 is 16.4 Å². The molecule has 0 fully saturated rings. The molecular formula is C12H18F2N4O. The number of nitrogens with zero attached hydrogens (tertiary/aromatic N) is 1. The predicted octanol–water partition coefficient (Wildman–Crippen LogP) is 1.66. The van der Waals surface area contributed by atoms with Crippen LogP contribution in [0.2, 0.25) is 0 Å². The lowest BCUT2D eigenvalue weighted by molar-refractivity contribution is -0.121. The third-order valence-corrected chi connectivity index (χ3v) is 2.62. The normalized spacial score (nSPS) is 12.0. The SMILES string of the molecule is CCC(C)NC(=O)CCNc1nc(N)c(F)cc1F. The molecule has 0 saturated carbocycles. The molecule has 0 bridgehead atoms. The highest BCUT2D eigenvalue weighted by Crippen LogP contribution is 2.16. The number of anilines is 2. The zero-order valence-corrected chi connectivity index (χ0v) is 11.0. The molecule has 0 aliphatic rings. The van der Waals surface area contributed by atoms with E-state index in [0.29, 0.717) is 6.07 Å². The molecule has 0 aliphatic carbocycles. The van der Waals surface area contributed by atoms with Crippen molar-refractivity contribution >= 4 is 17.5 Å². The third kappa shape index (κ3) is 4.69. The fourth-order valence-corrected chi connectivity index (χ4v) is 1.35. The molecule has 0 saturated heterocycles. The fraction of sp³-hybridized carbons (Fsp3) is 0.500. The van der Waals surface area contributed by atoms with E-state index in [2.05, 4.69) is 15.6 Å². The topological polar surface area (TPSA) is 80.0 Å². The van der Waals surface area contributed by atoms with Gasteiger partial charge in [0.05, 0.1) is 0 Å². The molecule has 106 valence electrons. The summed E-state index contributed by atoms with van der Waals surface area (Å²) < 4.78 is 26.2. The van der Waals surface area contributed by atoms with Crippen molar-refractivity contribution in [3.63, 3.8) is 0 Å². The van der Waals surface area contributed by atoms with Crippen molar-refractivity contribution < 1.29 is 13.6 Å². The van der Waals surface area contributed by atoms with Gasteiger partial charge in [-0.25, -0.2) is 13.8 Å². The molecule has 0 aliphatic heterocycles. The van der Waals surface area contributed by atoms with Gasteiger partial charge in [0.15, 0.2) is 23.3 Å². The summed E-state index contributed by atoms with van der Waals surface area (Å²) in [4.78, 5) is 15.0. The first-order valence-electron chi connectivity index (χ1n) is 6.08.